The van der Waals surface area contributed by atoms with Crippen molar-refractivity contribution in [1.82, 2.24) is 4.90 Å². The summed E-state index contributed by atoms with van der Waals surface area (Å²) < 4.78 is 58.1. The van der Waals surface area contributed by atoms with E-state index < -0.39 is 23.4 Å². The van der Waals surface area contributed by atoms with Gasteiger partial charge in [0, 0.05) is 30.3 Å². The summed E-state index contributed by atoms with van der Waals surface area (Å²) in [7, 11) is 0. The quantitative estimate of drug-likeness (QED) is 0.0907. The van der Waals surface area contributed by atoms with Gasteiger partial charge in [-0.2, -0.15) is 13.2 Å². The average molecular weight is 458 g/mol. The number of hydrogen-bond acceptors (Lipinski definition) is 6. The summed E-state index contributed by atoms with van der Waals surface area (Å²) in [5.41, 5.74) is 4.77. The second-order valence-corrected chi connectivity index (χ2v) is 6.44. The molecule has 33 heavy (non-hydrogen) atoms. The van der Waals surface area contributed by atoms with E-state index in [1.54, 1.807) is 30.4 Å². The van der Waals surface area contributed by atoms with Crippen molar-refractivity contribution >= 4 is 11.4 Å². The molecule has 0 aliphatic carbocycles. The number of benzene rings is 1. The molecule has 0 radical (unpaired) electrons. The molecular formula is C23H18F4N4O2. The lowest BCUT2D eigenvalue weighted by Gasteiger charge is -2.27. The highest BCUT2D eigenvalue weighted by atomic mass is 19.4. The lowest BCUT2D eigenvalue weighted by Crippen LogP contribution is -2.25. The smallest absolute Gasteiger partial charge is 0.411 e. The SMILES string of the molecule is C#C/C=C\C=C/C/C(=N\O)C1=CN(/C(=C(/N)OC#N)c2ccc(C(F)(F)F)cc2F)CC=C1. The molecule has 1 aliphatic rings. The molecule has 1 heterocycles. The Labute approximate surface area is 187 Å². The minimum Gasteiger partial charge on any atom is -0.411 e. The zero-order valence-corrected chi connectivity index (χ0v) is 17.1. The van der Waals surface area contributed by atoms with Crippen molar-refractivity contribution in [2.75, 3.05) is 6.54 Å². The molecule has 0 amide bonds. The first-order valence-corrected chi connectivity index (χ1v) is 9.29. The van der Waals surface area contributed by atoms with Crippen molar-refractivity contribution in [3.05, 3.63) is 89.3 Å². The molecular weight excluding hydrogens is 440 g/mol. The normalized spacial score (nSPS) is 15.3. The third-order valence-electron chi connectivity index (χ3n) is 4.33. The monoisotopic (exact) mass is 458 g/mol. The molecule has 6 nitrogen and oxygen atoms in total. The van der Waals surface area contributed by atoms with Crippen LogP contribution in [0.25, 0.3) is 5.70 Å². The van der Waals surface area contributed by atoms with Gasteiger partial charge in [-0.05, 0) is 24.3 Å². The second kappa shape index (κ2) is 11.3. The first kappa shape index (κ1) is 24.8. The molecule has 0 fully saturated rings. The molecule has 1 aromatic carbocycles. The van der Waals surface area contributed by atoms with Gasteiger partial charge >= 0.3 is 6.18 Å². The Kier molecular flexibility index (Phi) is 8.47. The van der Waals surface area contributed by atoms with Gasteiger partial charge in [0.1, 0.15) is 11.5 Å². The molecule has 1 aliphatic heterocycles. The standard InChI is InChI=1S/C23H18F4N4O2/c1-2-3-4-5-6-9-20(30-32)16-8-7-12-31(14-16)21(22(29)33-15-28)18-11-10-17(13-19(18)24)23(25,26)27/h1,3-8,10-11,13-14,32H,9,12,29H2/b4-3-,6-5-,22-21-,30-20+. The fourth-order valence-electron chi connectivity index (χ4n) is 2.88. The van der Waals surface area contributed by atoms with Gasteiger partial charge < -0.3 is 20.6 Å². The Morgan fingerprint density at radius 3 is 2.73 bits per heavy atom. The lowest BCUT2D eigenvalue weighted by molar-refractivity contribution is -0.137. The molecule has 0 atom stereocenters. The number of terminal acetylenes is 1. The fourth-order valence-corrected chi connectivity index (χ4v) is 2.88. The predicted octanol–water partition coefficient (Wildman–Crippen LogP) is 4.65. The fraction of sp³-hybridized carbons (Fsp3) is 0.130. The highest BCUT2D eigenvalue weighted by Crippen LogP contribution is 2.33. The molecule has 170 valence electrons. The summed E-state index contributed by atoms with van der Waals surface area (Å²) >= 11 is 0. The average Bonchev–Trinajstić information content (AvgIpc) is 2.77. The van der Waals surface area contributed by atoms with E-state index in [4.69, 9.17) is 17.4 Å². The molecule has 3 N–H and O–H groups in total. The van der Waals surface area contributed by atoms with Crippen LogP contribution in [0.2, 0.25) is 0 Å². The van der Waals surface area contributed by atoms with Crippen molar-refractivity contribution in [2.24, 2.45) is 10.9 Å². The topological polar surface area (TPSA) is 94.9 Å². The maximum Gasteiger partial charge on any atom is 0.416 e. The zero-order chi connectivity index (χ0) is 24.4. The Hall–Kier alpha value is -4.44. The van der Waals surface area contributed by atoms with Crippen LogP contribution in [0.3, 0.4) is 0 Å². The Balaban J connectivity index is 2.47. The van der Waals surface area contributed by atoms with Crippen LogP contribution >= 0.6 is 0 Å². The van der Waals surface area contributed by atoms with Gasteiger partial charge in [0.25, 0.3) is 6.26 Å². The number of hydrogen-bond donors (Lipinski definition) is 2. The zero-order valence-electron chi connectivity index (χ0n) is 17.1. The molecule has 0 bridgehead atoms. The maximum atomic E-state index is 14.7. The Morgan fingerprint density at radius 2 is 2.12 bits per heavy atom. The summed E-state index contributed by atoms with van der Waals surface area (Å²) in [6.07, 6.45) is 13.0. The molecule has 1 aromatic rings. The van der Waals surface area contributed by atoms with Gasteiger partial charge in [0.05, 0.1) is 11.3 Å². The molecule has 0 unspecified atom stereocenters. The number of oxime groups is 1. The van der Waals surface area contributed by atoms with Crippen LogP contribution in [0.5, 0.6) is 0 Å². The van der Waals surface area contributed by atoms with E-state index in [2.05, 4.69) is 15.8 Å². The number of rotatable bonds is 7. The number of halogens is 4. The summed E-state index contributed by atoms with van der Waals surface area (Å²) in [5.74, 6) is 0.580. The Morgan fingerprint density at radius 1 is 1.36 bits per heavy atom. The second-order valence-electron chi connectivity index (χ2n) is 6.44. The highest BCUT2D eigenvalue weighted by Gasteiger charge is 2.32. The van der Waals surface area contributed by atoms with Crippen molar-refractivity contribution < 1.29 is 27.5 Å². The highest BCUT2D eigenvalue weighted by molar-refractivity contribution is 6.03. The van der Waals surface area contributed by atoms with Crippen LogP contribution in [0.1, 0.15) is 17.5 Å². The number of alkyl halides is 3. The van der Waals surface area contributed by atoms with Crippen LogP contribution < -0.4 is 5.73 Å². The van der Waals surface area contributed by atoms with Crippen LogP contribution in [0.4, 0.5) is 17.6 Å². The molecule has 0 saturated carbocycles. The number of nitrogens with zero attached hydrogens (tertiary/aromatic N) is 3. The van der Waals surface area contributed by atoms with Gasteiger partial charge in [0.15, 0.2) is 0 Å². The van der Waals surface area contributed by atoms with E-state index >= 15 is 0 Å². The van der Waals surface area contributed by atoms with Gasteiger partial charge in [-0.1, -0.05) is 41.5 Å². The van der Waals surface area contributed by atoms with Crippen molar-refractivity contribution in [1.29, 1.82) is 5.26 Å². The van der Waals surface area contributed by atoms with Gasteiger partial charge in [-0.15, -0.1) is 11.7 Å². The Bertz CT molecular complexity index is 1150. The molecule has 0 saturated heterocycles. The van der Waals surface area contributed by atoms with Gasteiger partial charge in [-0.25, -0.2) is 4.39 Å². The predicted molar refractivity (Wildman–Crippen MR) is 114 cm³/mol. The first-order chi connectivity index (χ1) is 15.7. The first-order valence-electron chi connectivity index (χ1n) is 9.29. The van der Waals surface area contributed by atoms with E-state index in [1.165, 1.54) is 23.4 Å². The molecule has 2 rings (SSSR count). The van der Waals surface area contributed by atoms with E-state index in [-0.39, 0.29) is 29.9 Å². The summed E-state index contributed by atoms with van der Waals surface area (Å²) in [6.45, 7) is 0.119. The number of nitrogens with two attached hydrogens (primary N) is 1. The van der Waals surface area contributed by atoms with Crippen LogP contribution in [0, 0.1) is 29.7 Å². The van der Waals surface area contributed by atoms with Crippen molar-refractivity contribution in [3.63, 3.8) is 0 Å². The third-order valence-corrected chi connectivity index (χ3v) is 4.33. The summed E-state index contributed by atoms with van der Waals surface area (Å²) in [5, 5.41) is 21.5. The molecule has 10 heteroatoms. The van der Waals surface area contributed by atoms with Crippen LogP contribution in [-0.2, 0) is 10.9 Å². The van der Waals surface area contributed by atoms with E-state index in [9.17, 15) is 22.8 Å². The van der Waals surface area contributed by atoms with E-state index in [0.717, 1.165) is 6.07 Å². The summed E-state index contributed by atoms with van der Waals surface area (Å²) in [4.78, 5) is 1.36. The van der Waals surface area contributed by atoms with E-state index in [1.807, 2.05) is 0 Å². The maximum absolute atomic E-state index is 14.7. The van der Waals surface area contributed by atoms with E-state index in [0.29, 0.717) is 17.7 Å². The largest absolute Gasteiger partial charge is 0.416 e. The van der Waals surface area contributed by atoms with Crippen LogP contribution in [-0.4, -0.2) is 22.4 Å². The number of allylic oxidation sites excluding steroid dienone is 6. The summed E-state index contributed by atoms with van der Waals surface area (Å²) in [6, 6.07) is 1.92. The minimum atomic E-state index is -4.74. The lowest BCUT2D eigenvalue weighted by atomic mass is 10.0. The van der Waals surface area contributed by atoms with Gasteiger partial charge in [-0.3, -0.25) is 0 Å². The minimum absolute atomic E-state index is 0.119. The third kappa shape index (κ3) is 6.52. The molecule has 0 aromatic heterocycles. The van der Waals surface area contributed by atoms with Crippen molar-refractivity contribution in [2.45, 2.75) is 12.6 Å². The number of ether oxygens (including phenoxy) is 1. The van der Waals surface area contributed by atoms with Gasteiger partial charge in [0.2, 0.25) is 5.88 Å². The van der Waals surface area contributed by atoms with Crippen LogP contribution in [0.15, 0.2) is 77.5 Å². The number of nitriles is 1. The molecule has 0 spiro atoms. The van der Waals surface area contributed by atoms with Crippen molar-refractivity contribution in [3.8, 4) is 18.6 Å².